The minimum Gasteiger partial charge on any atom is -0.481 e. The van der Waals surface area contributed by atoms with E-state index < -0.39 is 53.8 Å². The highest BCUT2D eigenvalue weighted by molar-refractivity contribution is 5.94. The summed E-state index contributed by atoms with van der Waals surface area (Å²) in [5.41, 5.74) is 11.3. The number of aliphatic carboxylic acids is 2. The average molecular weight is 502 g/mol. The molecule has 0 aliphatic rings. The lowest BCUT2D eigenvalue weighted by Gasteiger charge is -2.28. The van der Waals surface area contributed by atoms with Crippen molar-refractivity contribution in [1.82, 2.24) is 16.0 Å². The molecule has 35 heavy (non-hydrogen) atoms. The van der Waals surface area contributed by atoms with Crippen LogP contribution in [0.5, 0.6) is 0 Å². The number of carbonyl (C=O) groups is 5. The summed E-state index contributed by atoms with van der Waals surface area (Å²) in [6.45, 7) is 7.65. The van der Waals surface area contributed by atoms with Crippen molar-refractivity contribution in [3.05, 3.63) is 0 Å². The van der Waals surface area contributed by atoms with Gasteiger partial charge in [0.2, 0.25) is 17.7 Å². The summed E-state index contributed by atoms with van der Waals surface area (Å²) in [4.78, 5) is 60.9. The highest BCUT2D eigenvalue weighted by Crippen LogP contribution is 2.12. The van der Waals surface area contributed by atoms with Crippen LogP contribution in [0.3, 0.4) is 0 Å². The molecule has 0 bridgehead atoms. The third-order valence-corrected chi connectivity index (χ3v) is 5.70. The Kier molecular flexibility index (Phi) is 15.5. The lowest BCUT2D eigenvalue weighted by atomic mass is 9.96. The second-order valence-electron chi connectivity index (χ2n) is 9.29. The van der Waals surface area contributed by atoms with Crippen LogP contribution < -0.4 is 27.4 Å². The highest BCUT2D eigenvalue weighted by atomic mass is 16.4. The van der Waals surface area contributed by atoms with Gasteiger partial charge < -0.3 is 37.6 Å². The monoisotopic (exact) mass is 501 g/mol. The van der Waals surface area contributed by atoms with Crippen LogP contribution in [0, 0.1) is 11.8 Å². The quantitative estimate of drug-likeness (QED) is 0.125. The van der Waals surface area contributed by atoms with E-state index >= 15 is 0 Å². The molecule has 3 amide bonds. The number of carbonyl (C=O) groups excluding carboxylic acids is 3. The van der Waals surface area contributed by atoms with Gasteiger partial charge in [0.1, 0.15) is 18.1 Å². The van der Waals surface area contributed by atoms with Gasteiger partial charge in [-0.3, -0.25) is 19.2 Å². The molecule has 202 valence electrons. The molecule has 0 saturated heterocycles. The Balaban J connectivity index is 5.54. The van der Waals surface area contributed by atoms with Gasteiger partial charge in [0.05, 0.1) is 6.04 Å². The lowest BCUT2D eigenvalue weighted by Crippen LogP contribution is -2.58. The van der Waals surface area contributed by atoms with E-state index in [2.05, 4.69) is 16.0 Å². The molecule has 0 fully saturated rings. The van der Waals surface area contributed by atoms with E-state index in [1.807, 2.05) is 20.8 Å². The molecular formula is C23H43N5O7. The second kappa shape index (κ2) is 16.8. The summed E-state index contributed by atoms with van der Waals surface area (Å²) in [5, 5.41) is 26.0. The van der Waals surface area contributed by atoms with Crippen LogP contribution in [0.25, 0.3) is 0 Å². The standard InChI is InChI=1S/C23H43N5O7/c1-5-14(4)19(28-20(31)15(25)9-10-18(29)30)22(33)26-16(8-6-7-11-24)21(32)27-17(23(34)35)12-13(2)3/h13-17,19H,5-12,24-25H2,1-4H3,(H,26,33)(H,27,32)(H,28,31)(H,29,30)(H,34,35)/t14-,15-,16-,17-,19-/m0/s1. The van der Waals surface area contributed by atoms with Crippen LogP contribution in [-0.2, 0) is 24.0 Å². The van der Waals surface area contributed by atoms with E-state index in [0.717, 1.165) is 0 Å². The smallest absolute Gasteiger partial charge is 0.326 e. The number of rotatable bonds is 18. The van der Waals surface area contributed by atoms with Crippen molar-refractivity contribution in [2.75, 3.05) is 6.54 Å². The molecule has 0 rings (SSSR count). The predicted molar refractivity (Wildman–Crippen MR) is 130 cm³/mol. The Bertz CT molecular complexity index is 716. The third-order valence-electron chi connectivity index (χ3n) is 5.70. The fourth-order valence-corrected chi connectivity index (χ4v) is 3.36. The molecule has 0 aliphatic heterocycles. The van der Waals surface area contributed by atoms with Gasteiger partial charge in [-0.1, -0.05) is 34.1 Å². The number of hydrogen-bond donors (Lipinski definition) is 7. The first kappa shape index (κ1) is 32.3. The van der Waals surface area contributed by atoms with Crippen molar-refractivity contribution in [2.24, 2.45) is 23.3 Å². The van der Waals surface area contributed by atoms with Crippen molar-refractivity contribution in [2.45, 2.75) is 96.8 Å². The molecule has 0 aromatic heterocycles. The first-order valence-corrected chi connectivity index (χ1v) is 12.1. The van der Waals surface area contributed by atoms with Crippen molar-refractivity contribution in [1.29, 1.82) is 0 Å². The fraction of sp³-hybridized carbons (Fsp3) is 0.783. The number of carboxylic acids is 2. The van der Waals surface area contributed by atoms with Crippen molar-refractivity contribution < 1.29 is 34.2 Å². The van der Waals surface area contributed by atoms with E-state index in [9.17, 15) is 29.1 Å². The molecule has 0 aromatic rings. The average Bonchev–Trinajstić information content (AvgIpc) is 2.78. The van der Waals surface area contributed by atoms with Crippen molar-refractivity contribution in [3.8, 4) is 0 Å². The number of unbranched alkanes of at least 4 members (excludes halogenated alkanes) is 1. The second-order valence-corrected chi connectivity index (χ2v) is 9.29. The molecule has 0 heterocycles. The molecule has 0 aromatic carbocycles. The van der Waals surface area contributed by atoms with Crippen LogP contribution >= 0.6 is 0 Å². The first-order valence-electron chi connectivity index (χ1n) is 12.1. The zero-order valence-corrected chi connectivity index (χ0v) is 21.2. The number of amides is 3. The summed E-state index contributed by atoms with van der Waals surface area (Å²) in [6, 6.07) is -4.25. The molecular weight excluding hydrogens is 458 g/mol. The number of nitrogens with two attached hydrogens (primary N) is 2. The van der Waals surface area contributed by atoms with E-state index in [-0.39, 0.29) is 37.5 Å². The van der Waals surface area contributed by atoms with Crippen LogP contribution in [0.1, 0.15) is 72.6 Å². The minimum absolute atomic E-state index is 0.0250. The number of nitrogens with one attached hydrogen (secondary N) is 3. The molecule has 5 atom stereocenters. The van der Waals surface area contributed by atoms with Gasteiger partial charge in [-0.15, -0.1) is 0 Å². The summed E-state index contributed by atoms with van der Waals surface area (Å²) in [7, 11) is 0. The van der Waals surface area contributed by atoms with Crippen LogP contribution in [0.2, 0.25) is 0 Å². The van der Waals surface area contributed by atoms with Crippen LogP contribution in [0.4, 0.5) is 0 Å². The van der Waals surface area contributed by atoms with E-state index in [1.54, 1.807) is 6.92 Å². The van der Waals surface area contributed by atoms with Gasteiger partial charge in [0.25, 0.3) is 0 Å². The maximum absolute atomic E-state index is 13.1. The zero-order valence-electron chi connectivity index (χ0n) is 21.2. The molecule has 12 nitrogen and oxygen atoms in total. The summed E-state index contributed by atoms with van der Waals surface area (Å²) >= 11 is 0. The number of carboxylic acid groups (broad SMARTS) is 2. The third kappa shape index (κ3) is 13.1. The summed E-state index contributed by atoms with van der Waals surface area (Å²) < 4.78 is 0. The molecule has 0 spiro atoms. The Hall–Kier alpha value is -2.73. The normalized spacial score (nSPS) is 15.4. The topological polar surface area (TPSA) is 214 Å². The summed E-state index contributed by atoms with van der Waals surface area (Å²) in [5.74, 6) is -4.45. The minimum atomic E-state index is -1.17. The van der Waals surface area contributed by atoms with Gasteiger partial charge in [0, 0.05) is 6.42 Å². The molecule has 9 N–H and O–H groups in total. The predicted octanol–water partition coefficient (Wildman–Crippen LogP) is -0.0613. The van der Waals surface area contributed by atoms with Crippen molar-refractivity contribution >= 4 is 29.7 Å². The Labute approximate surface area is 206 Å². The van der Waals surface area contributed by atoms with E-state index in [4.69, 9.17) is 16.6 Å². The Morgan fingerprint density at radius 3 is 1.91 bits per heavy atom. The van der Waals surface area contributed by atoms with Crippen molar-refractivity contribution in [3.63, 3.8) is 0 Å². The lowest BCUT2D eigenvalue weighted by molar-refractivity contribution is -0.143. The van der Waals surface area contributed by atoms with E-state index in [0.29, 0.717) is 25.8 Å². The van der Waals surface area contributed by atoms with Gasteiger partial charge in [0.15, 0.2) is 0 Å². The maximum Gasteiger partial charge on any atom is 0.326 e. The molecule has 0 radical (unpaired) electrons. The largest absolute Gasteiger partial charge is 0.481 e. The van der Waals surface area contributed by atoms with E-state index in [1.165, 1.54) is 0 Å². The fourth-order valence-electron chi connectivity index (χ4n) is 3.36. The van der Waals surface area contributed by atoms with Gasteiger partial charge in [-0.05, 0) is 50.5 Å². The van der Waals surface area contributed by atoms with Gasteiger partial charge in [-0.2, -0.15) is 0 Å². The molecule has 0 saturated carbocycles. The SMILES string of the molecule is CC[C@H](C)[C@H](NC(=O)[C@@H](N)CCC(=O)O)C(=O)N[C@@H](CCCCN)C(=O)N[C@@H](CC(C)C)C(=O)O. The molecule has 12 heteroatoms. The highest BCUT2D eigenvalue weighted by Gasteiger charge is 2.32. The number of hydrogen-bond acceptors (Lipinski definition) is 7. The first-order chi connectivity index (χ1) is 16.3. The van der Waals surface area contributed by atoms with Gasteiger partial charge in [-0.25, -0.2) is 4.79 Å². The van der Waals surface area contributed by atoms with Crippen LogP contribution in [0.15, 0.2) is 0 Å². The Morgan fingerprint density at radius 1 is 0.829 bits per heavy atom. The Morgan fingerprint density at radius 2 is 1.43 bits per heavy atom. The molecule has 0 unspecified atom stereocenters. The molecule has 0 aliphatic carbocycles. The van der Waals surface area contributed by atoms with Crippen LogP contribution in [-0.4, -0.2) is 70.6 Å². The zero-order chi connectivity index (χ0) is 27.1. The summed E-state index contributed by atoms with van der Waals surface area (Å²) in [6.07, 6.45) is 1.75. The van der Waals surface area contributed by atoms with Gasteiger partial charge >= 0.3 is 11.9 Å². The maximum atomic E-state index is 13.1.